The molecular formula is C20H19FN4O2S. The number of anilines is 1. The van der Waals surface area contributed by atoms with E-state index in [0.29, 0.717) is 16.8 Å². The van der Waals surface area contributed by atoms with Gasteiger partial charge in [-0.25, -0.2) is 4.39 Å². The molecule has 0 aliphatic carbocycles. The molecule has 0 atom stereocenters. The molecule has 144 valence electrons. The van der Waals surface area contributed by atoms with E-state index < -0.39 is 0 Å². The molecule has 3 rings (SSSR count). The average Bonchev–Trinajstić information content (AvgIpc) is 3.16. The first-order valence-corrected chi connectivity index (χ1v) is 9.64. The van der Waals surface area contributed by atoms with E-state index in [-0.39, 0.29) is 29.2 Å². The molecule has 0 spiro atoms. The summed E-state index contributed by atoms with van der Waals surface area (Å²) in [6.45, 7) is 2.11. The lowest BCUT2D eigenvalue weighted by molar-refractivity contribution is 0.0949. The third kappa shape index (κ3) is 4.98. The van der Waals surface area contributed by atoms with E-state index in [0.717, 1.165) is 17.8 Å². The number of halogens is 1. The molecule has 2 aromatic carbocycles. The van der Waals surface area contributed by atoms with E-state index in [4.69, 9.17) is 0 Å². The van der Waals surface area contributed by atoms with E-state index in [2.05, 4.69) is 20.8 Å². The Morgan fingerprint density at radius 3 is 2.68 bits per heavy atom. The zero-order valence-corrected chi connectivity index (χ0v) is 16.1. The Bertz CT molecular complexity index is 990. The summed E-state index contributed by atoms with van der Waals surface area (Å²) in [5.41, 5.74) is 1.23. The van der Waals surface area contributed by atoms with E-state index in [1.54, 1.807) is 42.5 Å². The number of carbonyl (C=O) groups excluding carboxylic acids is 2. The topological polar surface area (TPSA) is 84.0 Å². The second-order valence-corrected chi connectivity index (χ2v) is 7.12. The molecule has 8 heteroatoms. The second-order valence-electron chi connectivity index (χ2n) is 6.06. The second kappa shape index (κ2) is 9.18. The fourth-order valence-corrected chi connectivity index (χ4v) is 3.34. The Hall–Kier alpha value is -3.13. The van der Waals surface area contributed by atoms with Gasteiger partial charge in [-0.2, -0.15) is 0 Å². The van der Waals surface area contributed by atoms with Crippen molar-refractivity contribution in [2.24, 2.45) is 0 Å². The maximum Gasteiger partial charge on any atom is 0.286 e. The summed E-state index contributed by atoms with van der Waals surface area (Å²) in [6, 6.07) is 12.8. The van der Waals surface area contributed by atoms with E-state index in [1.165, 1.54) is 17.4 Å². The van der Waals surface area contributed by atoms with Crippen molar-refractivity contribution in [1.82, 2.24) is 15.5 Å². The summed E-state index contributed by atoms with van der Waals surface area (Å²) in [5.74, 6) is -1.10. The lowest BCUT2D eigenvalue weighted by Gasteiger charge is -2.08. The molecule has 0 radical (unpaired) electrons. The quantitative estimate of drug-likeness (QED) is 0.634. The van der Waals surface area contributed by atoms with Crippen LogP contribution in [0.1, 0.15) is 44.1 Å². The monoisotopic (exact) mass is 398 g/mol. The van der Waals surface area contributed by atoms with Crippen LogP contribution in [0, 0.1) is 5.82 Å². The molecule has 0 saturated carbocycles. The largest absolute Gasteiger partial charge is 0.348 e. The summed E-state index contributed by atoms with van der Waals surface area (Å²) < 4.78 is 13.7. The minimum Gasteiger partial charge on any atom is -0.348 e. The Balaban J connectivity index is 1.63. The first kappa shape index (κ1) is 19.6. The third-order valence-electron chi connectivity index (χ3n) is 3.90. The van der Waals surface area contributed by atoms with E-state index in [9.17, 15) is 14.0 Å². The summed E-state index contributed by atoms with van der Waals surface area (Å²) in [4.78, 5) is 24.7. The SMILES string of the molecule is CCCc1nnc(C(=O)Nc2cccc(C(=O)NCc3ccccc3F)c2)s1. The van der Waals surface area contributed by atoms with Gasteiger partial charge in [0.15, 0.2) is 0 Å². The molecular weight excluding hydrogens is 379 g/mol. The number of aromatic nitrogens is 2. The molecule has 0 aliphatic rings. The maximum atomic E-state index is 13.7. The number of hydrogen-bond acceptors (Lipinski definition) is 5. The number of aryl methyl sites for hydroxylation is 1. The zero-order valence-electron chi connectivity index (χ0n) is 15.2. The van der Waals surface area contributed by atoms with Crippen molar-refractivity contribution in [3.05, 3.63) is 75.5 Å². The number of amides is 2. The van der Waals surface area contributed by atoms with Gasteiger partial charge >= 0.3 is 0 Å². The lowest BCUT2D eigenvalue weighted by atomic mass is 10.1. The number of rotatable bonds is 7. The number of carbonyl (C=O) groups is 2. The summed E-state index contributed by atoms with van der Waals surface area (Å²) in [6.07, 6.45) is 1.71. The van der Waals surface area contributed by atoms with Crippen molar-refractivity contribution < 1.29 is 14.0 Å². The normalized spacial score (nSPS) is 10.5. The Morgan fingerprint density at radius 2 is 1.89 bits per heavy atom. The van der Waals surface area contributed by atoms with Gasteiger partial charge in [-0.15, -0.1) is 10.2 Å². The number of hydrogen-bond donors (Lipinski definition) is 2. The smallest absolute Gasteiger partial charge is 0.286 e. The predicted molar refractivity (Wildman–Crippen MR) is 106 cm³/mol. The highest BCUT2D eigenvalue weighted by molar-refractivity contribution is 7.13. The fraction of sp³-hybridized carbons (Fsp3) is 0.200. The van der Waals surface area contributed by atoms with E-state index in [1.807, 2.05) is 6.92 Å². The molecule has 3 aromatic rings. The number of benzene rings is 2. The van der Waals surface area contributed by atoms with Crippen LogP contribution < -0.4 is 10.6 Å². The van der Waals surface area contributed by atoms with Crippen molar-refractivity contribution in [2.45, 2.75) is 26.3 Å². The summed E-state index contributed by atoms with van der Waals surface area (Å²) in [5, 5.41) is 14.4. The van der Waals surface area contributed by atoms with Crippen LogP contribution in [0.15, 0.2) is 48.5 Å². The van der Waals surface area contributed by atoms with E-state index >= 15 is 0 Å². The third-order valence-corrected chi connectivity index (χ3v) is 4.89. The molecule has 6 nitrogen and oxygen atoms in total. The standard InChI is InChI=1S/C20H19FN4O2S/c1-2-6-17-24-25-20(28-17)19(27)23-15-9-5-8-13(11-15)18(26)22-12-14-7-3-4-10-16(14)21/h3-5,7-11H,2,6,12H2,1H3,(H,22,26)(H,23,27). The van der Waals surface area contributed by atoms with Gasteiger partial charge in [0, 0.05) is 29.8 Å². The van der Waals surface area contributed by atoms with Gasteiger partial charge in [-0.05, 0) is 30.7 Å². The van der Waals surface area contributed by atoms with Crippen LogP contribution in [0.5, 0.6) is 0 Å². The van der Waals surface area contributed by atoms with Crippen LogP contribution >= 0.6 is 11.3 Å². The van der Waals surface area contributed by atoms with Crippen LogP contribution in [-0.4, -0.2) is 22.0 Å². The van der Waals surface area contributed by atoms with Crippen molar-refractivity contribution in [3.8, 4) is 0 Å². The molecule has 0 fully saturated rings. The van der Waals surface area contributed by atoms with Gasteiger partial charge in [-0.3, -0.25) is 9.59 Å². The van der Waals surface area contributed by atoms with Gasteiger partial charge in [0.05, 0.1) is 0 Å². The maximum absolute atomic E-state index is 13.7. The molecule has 0 unspecified atom stereocenters. The van der Waals surface area contributed by atoms with Gasteiger partial charge in [0.1, 0.15) is 10.8 Å². The van der Waals surface area contributed by atoms with Gasteiger partial charge in [-0.1, -0.05) is 42.5 Å². The molecule has 1 heterocycles. The fourth-order valence-electron chi connectivity index (χ4n) is 2.50. The van der Waals surface area contributed by atoms with Crippen LogP contribution in [0.4, 0.5) is 10.1 Å². The lowest BCUT2D eigenvalue weighted by Crippen LogP contribution is -2.23. The minimum absolute atomic E-state index is 0.0765. The predicted octanol–water partition coefficient (Wildman–Crippen LogP) is 3.81. The molecule has 0 aliphatic heterocycles. The van der Waals surface area contributed by atoms with Crippen LogP contribution in [0.2, 0.25) is 0 Å². The van der Waals surface area contributed by atoms with Crippen molar-refractivity contribution in [3.63, 3.8) is 0 Å². The van der Waals surface area contributed by atoms with Crippen LogP contribution in [-0.2, 0) is 13.0 Å². The molecule has 0 saturated heterocycles. The highest BCUT2D eigenvalue weighted by atomic mass is 32.1. The molecule has 2 amide bonds. The molecule has 0 bridgehead atoms. The minimum atomic E-state index is -0.372. The Labute approximate surface area is 165 Å². The molecule has 28 heavy (non-hydrogen) atoms. The first-order valence-electron chi connectivity index (χ1n) is 8.82. The van der Waals surface area contributed by atoms with Crippen molar-refractivity contribution in [1.29, 1.82) is 0 Å². The van der Waals surface area contributed by atoms with Gasteiger partial charge < -0.3 is 10.6 Å². The van der Waals surface area contributed by atoms with Gasteiger partial charge in [0.2, 0.25) is 5.01 Å². The zero-order chi connectivity index (χ0) is 19.9. The Kier molecular flexibility index (Phi) is 6.44. The highest BCUT2D eigenvalue weighted by Gasteiger charge is 2.14. The van der Waals surface area contributed by atoms with Crippen LogP contribution in [0.25, 0.3) is 0 Å². The van der Waals surface area contributed by atoms with Crippen molar-refractivity contribution >= 4 is 28.8 Å². The average molecular weight is 398 g/mol. The number of nitrogens with zero attached hydrogens (tertiary/aromatic N) is 2. The van der Waals surface area contributed by atoms with Crippen LogP contribution in [0.3, 0.4) is 0 Å². The molecule has 1 aromatic heterocycles. The first-order chi connectivity index (χ1) is 13.6. The van der Waals surface area contributed by atoms with Crippen molar-refractivity contribution in [2.75, 3.05) is 5.32 Å². The summed E-state index contributed by atoms with van der Waals surface area (Å²) in [7, 11) is 0. The van der Waals surface area contributed by atoms with Gasteiger partial charge in [0.25, 0.3) is 11.8 Å². The molecule has 2 N–H and O–H groups in total. The number of nitrogens with one attached hydrogen (secondary N) is 2. The Morgan fingerprint density at radius 1 is 1.07 bits per heavy atom. The highest BCUT2D eigenvalue weighted by Crippen LogP contribution is 2.16. The summed E-state index contributed by atoms with van der Waals surface area (Å²) >= 11 is 1.25.